The van der Waals surface area contributed by atoms with E-state index >= 15 is 0 Å². The van der Waals surface area contributed by atoms with Gasteiger partial charge >= 0.3 is 0 Å². The van der Waals surface area contributed by atoms with Crippen LogP contribution < -0.4 is 4.43 Å². The van der Waals surface area contributed by atoms with Gasteiger partial charge < -0.3 is 8.84 Å². The lowest BCUT2D eigenvalue weighted by Gasteiger charge is -2.19. The molecule has 0 aliphatic rings. The van der Waals surface area contributed by atoms with Crippen LogP contribution in [0.25, 0.3) is 21.9 Å². The number of fused-ring (bicyclic) bond motifs is 3. The molecule has 0 bridgehead atoms. The Bertz CT molecular complexity index is 750. The van der Waals surface area contributed by atoms with Crippen LogP contribution in [-0.4, -0.2) is 8.32 Å². The van der Waals surface area contributed by atoms with Gasteiger partial charge in [0.1, 0.15) is 11.3 Å². The molecule has 0 saturated heterocycles. The van der Waals surface area contributed by atoms with Gasteiger partial charge in [-0.15, -0.1) is 0 Å². The normalized spacial score (nSPS) is 12.2. The number of hydrogen-bond donors (Lipinski definition) is 0. The van der Waals surface area contributed by atoms with E-state index in [1.54, 1.807) is 0 Å². The van der Waals surface area contributed by atoms with Crippen molar-refractivity contribution in [1.82, 2.24) is 0 Å². The van der Waals surface area contributed by atoms with Gasteiger partial charge in [0, 0.05) is 10.8 Å². The molecule has 0 N–H and O–H groups in total. The smallest absolute Gasteiger partial charge is 0.242 e. The predicted octanol–water partition coefficient (Wildman–Crippen LogP) is 5.11. The summed E-state index contributed by atoms with van der Waals surface area (Å²) in [6.07, 6.45) is 0. The summed E-state index contributed by atoms with van der Waals surface area (Å²) in [5, 5.41) is 2.34. The number of aryl methyl sites for hydroxylation is 1. The van der Waals surface area contributed by atoms with Crippen molar-refractivity contribution in [3.8, 4) is 5.75 Å². The Hall–Kier alpha value is -1.74. The molecule has 0 aliphatic heterocycles. The maximum atomic E-state index is 6.14. The molecule has 98 valence electrons. The maximum Gasteiger partial charge on any atom is 0.242 e. The lowest BCUT2D eigenvalue weighted by Crippen LogP contribution is -2.29. The number of hydrogen-bond acceptors (Lipinski definition) is 2. The zero-order valence-corrected chi connectivity index (χ0v) is 12.8. The van der Waals surface area contributed by atoms with E-state index in [0.29, 0.717) is 0 Å². The van der Waals surface area contributed by atoms with Crippen LogP contribution in [0.15, 0.2) is 40.8 Å². The number of furan rings is 1. The average molecular weight is 270 g/mol. The number of benzene rings is 2. The van der Waals surface area contributed by atoms with Gasteiger partial charge in [-0.1, -0.05) is 24.3 Å². The highest BCUT2D eigenvalue weighted by Crippen LogP contribution is 2.37. The van der Waals surface area contributed by atoms with E-state index in [1.165, 1.54) is 10.9 Å². The Labute approximate surface area is 114 Å². The Morgan fingerprint density at radius 2 is 1.74 bits per heavy atom. The molecule has 0 fully saturated rings. The van der Waals surface area contributed by atoms with Crippen molar-refractivity contribution in [3.05, 3.63) is 42.0 Å². The zero-order valence-electron chi connectivity index (χ0n) is 11.8. The fourth-order valence-electron chi connectivity index (χ4n) is 2.38. The minimum Gasteiger partial charge on any atom is -0.542 e. The Morgan fingerprint density at radius 3 is 2.47 bits per heavy atom. The molecule has 0 aliphatic carbocycles. The van der Waals surface area contributed by atoms with Crippen LogP contribution in [0.5, 0.6) is 5.75 Å². The Morgan fingerprint density at radius 1 is 1.00 bits per heavy atom. The highest BCUT2D eigenvalue weighted by molar-refractivity contribution is 6.70. The van der Waals surface area contributed by atoms with Crippen LogP contribution in [0.2, 0.25) is 19.6 Å². The van der Waals surface area contributed by atoms with Crippen molar-refractivity contribution in [2.75, 3.05) is 0 Å². The molecular weight excluding hydrogens is 252 g/mol. The quantitative estimate of drug-likeness (QED) is 0.604. The molecule has 2 nitrogen and oxygen atoms in total. The average Bonchev–Trinajstić information content (AvgIpc) is 2.71. The van der Waals surface area contributed by atoms with Gasteiger partial charge in [0.2, 0.25) is 8.32 Å². The summed E-state index contributed by atoms with van der Waals surface area (Å²) in [6.45, 7) is 8.66. The number of para-hydroxylation sites is 1. The summed E-state index contributed by atoms with van der Waals surface area (Å²) in [5.74, 6) is 0.871. The van der Waals surface area contributed by atoms with Gasteiger partial charge in [0.25, 0.3) is 0 Å². The molecule has 3 heteroatoms. The van der Waals surface area contributed by atoms with Crippen molar-refractivity contribution in [2.45, 2.75) is 26.6 Å². The minimum absolute atomic E-state index is 0.871. The third-order valence-electron chi connectivity index (χ3n) is 3.11. The first kappa shape index (κ1) is 12.3. The van der Waals surface area contributed by atoms with Crippen LogP contribution in [0, 0.1) is 6.92 Å². The molecule has 0 radical (unpaired) electrons. The topological polar surface area (TPSA) is 22.4 Å². The fourth-order valence-corrected chi connectivity index (χ4v) is 3.20. The van der Waals surface area contributed by atoms with Gasteiger partial charge in [-0.2, -0.15) is 0 Å². The minimum atomic E-state index is -1.64. The Kier molecular flexibility index (Phi) is 2.68. The molecule has 19 heavy (non-hydrogen) atoms. The summed E-state index contributed by atoms with van der Waals surface area (Å²) < 4.78 is 12.2. The first-order valence-electron chi connectivity index (χ1n) is 6.55. The predicted molar refractivity (Wildman–Crippen MR) is 82.4 cm³/mol. The van der Waals surface area contributed by atoms with Crippen molar-refractivity contribution < 1.29 is 8.84 Å². The summed E-state index contributed by atoms with van der Waals surface area (Å²) in [4.78, 5) is 0. The van der Waals surface area contributed by atoms with Crippen molar-refractivity contribution in [2.24, 2.45) is 0 Å². The molecule has 0 atom stereocenters. The van der Waals surface area contributed by atoms with E-state index in [-0.39, 0.29) is 0 Å². The zero-order chi connectivity index (χ0) is 13.6. The van der Waals surface area contributed by atoms with Crippen molar-refractivity contribution >= 4 is 30.3 Å². The van der Waals surface area contributed by atoms with Crippen LogP contribution in [0.3, 0.4) is 0 Å². The maximum absolute atomic E-state index is 6.14. The summed E-state index contributed by atoms with van der Waals surface area (Å²) >= 11 is 0. The van der Waals surface area contributed by atoms with E-state index in [2.05, 4.69) is 38.7 Å². The van der Waals surface area contributed by atoms with E-state index < -0.39 is 8.32 Å². The second kappa shape index (κ2) is 4.13. The van der Waals surface area contributed by atoms with Crippen molar-refractivity contribution in [1.29, 1.82) is 0 Å². The van der Waals surface area contributed by atoms with Gasteiger partial charge in [0.15, 0.2) is 5.58 Å². The first-order chi connectivity index (χ1) is 8.96. The third-order valence-corrected chi connectivity index (χ3v) is 3.95. The van der Waals surface area contributed by atoms with E-state index in [9.17, 15) is 0 Å². The molecule has 0 spiro atoms. The van der Waals surface area contributed by atoms with Crippen LogP contribution in [0.1, 0.15) is 5.56 Å². The summed E-state index contributed by atoms with van der Waals surface area (Å²) in [6, 6.07) is 12.3. The van der Waals surface area contributed by atoms with Gasteiger partial charge in [-0.05, 0) is 44.3 Å². The standard InChI is InChI=1S/C16H18O2Si/c1-11-9-10-14(18-19(2,3)4)16-15(11)12-7-5-6-8-13(12)17-16/h5-10H,1-4H3. The number of rotatable bonds is 2. The van der Waals surface area contributed by atoms with Crippen molar-refractivity contribution in [3.63, 3.8) is 0 Å². The summed E-state index contributed by atoms with van der Waals surface area (Å²) in [7, 11) is -1.64. The second-order valence-electron chi connectivity index (χ2n) is 5.90. The van der Waals surface area contributed by atoms with Crippen LogP contribution >= 0.6 is 0 Å². The van der Waals surface area contributed by atoms with E-state index in [0.717, 1.165) is 22.3 Å². The van der Waals surface area contributed by atoms with Crippen LogP contribution in [-0.2, 0) is 0 Å². The van der Waals surface area contributed by atoms with Crippen LogP contribution in [0.4, 0.5) is 0 Å². The third kappa shape index (κ3) is 2.14. The molecule has 3 rings (SSSR count). The molecule has 2 aromatic carbocycles. The largest absolute Gasteiger partial charge is 0.542 e. The molecule has 0 unspecified atom stereocenters. The van der Waals surface area contributed by atoms with E-state index in [4.69, 9.17) is 8.84 Å². The van der Waals surface area contributed by atoms with Gasteiger partial charge in [-0.25, -0.2) is 0 Å². The first-order valence-corrected chi connectivity index (χ1v) is 9.96. The SMILES string of the molecule is Cc1ccc(O[Si](C)(C)C)c2oc3ccccc3c12. The fraction of sp³-hybridized carbons (Fsp3) is 0.250. The molecule has 3 aromatic rings. The summed E-state index contributed by atoms with van der Waals surface area (Å²) in [5.41, 5.74) is 3.03. The lowest BCUT2D eigenvalue weighted by atomic mass is 10.1. The second-order valence-corrected chi connectivity index (χ2v) is 10.3. The highest BCUT2D eigenvalue weighted by Gasteiger charge is 2.20. The monoisotopic (exact) mass is 270 g/mol. The molecule has 1 heterocycles. The van der Waals surface area contributed by atoms with E-state index in [1.807, 2.05) is 24.3 Å². The Balaban J connectivity index is 2.34. The molecular formula is C16H18O2Si. The molecule has 0 saturated carbocycles. The van der Waals surface area contributed by atoms with Gasteiger partial charge in [-0.3, -0.25) is 0 Å². The van der Waals surface area contributed by atoms with Gasteiger partial charge in [0.05, 0.1) is 0 Å². The lowest BCUT2D eigenvalue weighted by molar-refractivity contribution is 0.543. The molecule has 0 amide bonds. The molecule has 1 aromatic heterocycles. The highest BCUT2D eigenvalue weighted by atomic mass is 28.4.